The van der Waals surface area contributed by atoms with Crippen LogP contribution < -0.4 is 4.90 Å². The van der Waals surface area contributed by atoms with Crippen molar-refractivity contribution in [3.8, 4) is 0 Å². The number of aliphatic hydroxyl groups excluding tert-OH is 1. The molecule has 1 rings (SSSR count). The first-order valence-corrected chi connectivity index (χ1v) is 6.01. The van der Waals surface area contributed by atoms with E-state index >= 15 is 0 Å². The molecule has 0 saturated carbocycles. The molecule has 7 heteroatoms. The summed E-state index contributed by atoms with van der Waals surface area (Å²) in [5.41, 5.74) is 0.517. The average molecular weight is 256 g/mol. The Morgan fingerprint density at radius 3 is 2.56 bits per heavy atom. The second-order valence-corrected chi connectivity index (χ2v) is 4.36. The molecule has 0 aromatic carbocycles. The molecule has 0 unspecified atom stereocenters. The minimum Gasteiger partial charge on any atom is -0.395 e. The molecule has 0 amide bonds. The van der Waals surface area contributed by atoms with Crippen molar-refractivity contribution >= 4 is 11.5 Å². The molecular formula is C11H20N4O3. The number of hydrogen-bond acceptors (Lipinski definition) is 5. The fraction of sp³-hybridized carbons (Fsp3) is 0.727. The van der Waals surface area contributed by atoms with Gasteiger partial charge in [0, 0.05) is 19.6 Å². The summed E-state index contributed by atoms with van der Waals surface area (Å²) >= 11 is 0. The normalized spacial score (nSPS) is 11.0. The van der Waals surface area contributed by atoms with Crippen LogP contribution in [0.2, 0.25) is 0 Å². The van der Waals surface area contributed by atoms with E-state index in [0.717, 1.165) is 0 Å². The van der Waals surface area contributed by atoms with Gasteiger partial charge in [-0.1, -0.05) is 6.92 Å². The number of rotatable bonds is 6. The van der Waals surface area contributed by atoms with Crippen LogP contribution in [0.1, 0.15) is 26.5 Å². The fourth-order valence-electron chi connectivity index (χ4n) is 2.02. The summed E-state index contributed by atoms with van der Waals surface area (Å²) in [4.78, 5) is 12.6. The molecule has 0 saturated heterocycles. The molecule has 7 nitrogen and oxygen atoms in total. The lowest BCUT2D eigenvalue weighted by atomic mass is 10.2. The summed E-state index contributed by atoms with van der Waals surface area (Å²) in [6.07, 6.45) is 0.509. The maximum absolute atomic E-state index is 11.2. The molecule has 1 aromatic heterocycles. The van der Waals surface area contributed by atoms with E-state index in [4.69, 9.17) is 5.11 Å². The number of nitro groups is 1. The van der Waals surface area contributed by atoms with Crippen LogP contribution in [-0.4, -0.2) is 39.0 Å². The minimum absolute atomic E-state index is 0.0437. The van der Waals surface area contributed by atoms with Gasteiger partial charge >= 0.3 is 5.69 Å². The predicted octanol–water partition coefficient (Wildman–Crippen LogP) is 1.10. The topological polar surface area (TPSA) is 84.4 Å². The van der Waals surface area contributed by atoms with Gasteiger partial charge in [-0.25, -0.2) is 4.68 Å². The van der Waals surface area contributed by atoms with Crippen LogP contribution in [-0.2, 0) is 13.5 Å². The van der Waals surface area contributed by atoms with E-state index in [0.29, 0.717) is 24.5 Å². The Hall–Kier alpha value is -1.63. The van der Waals surface area contributed by atoms with Gasteiger partial charge < -0.3 is 10.0 Å². The fourth-order valence-corrected chi connectivity index (χ4v) is 2.02. The Kier molecular flexibility index (Phi) is 4.66. The summed E-state index contributed by atoms with van der Waals surface area (Å²) in [7, 11) is 1.69. The standard InChI is InChI=1S/C11H20N4O3/c1-5-9-10(15(17)18)11(13(4)12-9)14(6-7-16)8(2)3/h8,16H,5-7H2,1-4H3. The van der Waals surface area contributed by atoms with Crippen LogP contribution in [0, 0.1) is 10.1 Å². The van der Waals surface area contributed by atoms with Gasteiger partial charge in [0.25, 0.3) is 0 Å². The molecule has 18 heavy (non-hydrogen) atoms. The number of aromatic nitrogens is 2. The molecule has 0 bridgehead atoms. The van der Waals surface area contributed by atoms with Crippen molar-refractivity contribution in [2.24, 2.45) is 7.05 Å². The Morgan fingerprint density at radius 2 is 2.17 bits per heavy atom. The van der Waals surface area contributed by atoms with Crippen LogP contribution in [0.5, 0.6) is 0 Å². The van der Waals surface area contributed by atoms with Crippen molar-refractivity contribution in [1.82, 2.24) is 9.78 Å². The van der Waals surface area contributed by atoms with E-state index in [1.165, 1.54) is 4.68 Å². The van der Waals surface area contributed by atoms with E-state index < -0.39 is 4.92 Å². The van der Waals surface area contributed by atoms with Crippen molar-refractivity contribution < 1.29 is 10.0 Å². The molecule has 0 aliphatic rings. The highest BCUT2D eigenvalue weighted by Crippen LogP contribution is 2.32. The SMILES string of the molecule is CCc1nn(C)c(N(CCO)C(C)C)c1[N+](=O)[O-]. The van der Waals surface area contributed by atoms with Crippen LogP contribution in [0.4, 0.5) is 11.5 Å². The van der Waals surface area contributed by atoms with Crippen molar-refractivity contribution in [2.75, 3.05) is 18.1 Å². The number of nitrogens with zero attached hydrogens (tertiary/aromatic N) is 4. The molecule has 0 atom stereocenters. The number of hydrogen-bond donors (Lipinski definition) is 1. The summed E-state index contributed by atoms with van der Waals surface area (Å²) in [5, 5.41) is 24.5. The summed E-state index contributed by atoms with van der Waals surface area (Å²) in [6.45, 7) is 5.99. The first-order chi connectivity index (χ1) is 8.43. The third-order valence-corrected chi connectivity index (χ3v) is 2.82. The molecule has 0 radical (unpaired) electrons. The molecule has 0 aliphatic carbocycles. The van der Waals surface area contributed by atoms with Crippen LogP contribution >= 0.6 is 0 Å². The van der Waals surface area contributed by atoms with Crippen molar-refractivity contribution in [2.45, 2.75) is 33.2 Å². The van der Waals surface area contributed by atoms with Gasteiger partial charge in [-0.2, -0.15) is 5.10 Å². The Bertz CT molecular complexity index is 428. The van der Waals surface area contributed by atoms with Crippen LogP contribution in [0.25, 0.3) is 0 Å². The molecule has 0 fully saturated rings. The molecule has 1 N–H and O–H groups in total. The lowest BCUT2D eigenvalue weighted by Crippen LogP contribution is -2.35. The van der Waals surface area contributed by atoms with Crippen molar-refractivity contribution in [3.05, 3.63) is 15.8 Å². The second kappa shape index (κ2) is 5.81. The zero-order valence-corrected chi connectivity index (χ0v) is 11.3. The number of aliphatic hydroxyl groups is 1. The molecule has 0 aliphatic heterocycles. The third kappa shape index (κ3) is 2.61. The summed E-state index contributed by atoms with van der Waals surface area (Å²) in [6, 6.07) is 0.0518. The van der Waals surface area contributed by atoms with Gasteiger partial charge in [-0.15, -0.1) is 0 Å². The highest BCUT2D eigenvalue weighted by molar-refractivity contribution is 5.62. The number of anilines is 1. The highest BCUT2D eigenvalue weighted by atomic mass is 16.6. The van der Waals surface area contributed by atoms with E-state index in [2.05, 4.69) is 5.10 Å². The quantitative estimate of drug-likeness (QED) is 0.608. The van der Waals surface area contributed by atoms with Gasteiger partial charge in [0.1, 0.15) is 5.69 Å². The average Bonchev–Trinajstić information content (AvgIpc) is 2.62. The van der Waals surface area contributed by atoms with E-state index in [1.807, 2.05) is 20.8 Å². The maximum Gasteiger partial charge on any atom is 0.334 e. The van der Waals surface area contributed by atoms with Gasteiger partial charge in [0.2, 0.25) is 5.82 Å². The monoisotopic (exact) mass is 256 g/mol. The van der Waals surface area contributed by atoms with E-state index in [1.54, 1.807) is 11.9 Å². The van der Waals surface area contributed by atoms with E-state index in [-0.39, 0.29) is 18.3 Å². The zero-order chi connectivity index (χ0) is 13.9. The van der Waals surface area contributed by atoms with Gasteiger partial charge in [-0.05, 0) is 20.3 Å². The van der Waals surface area contributed by atoms with Gasteiger partial charge in [0.15, 0.2) is 0 Å². The summed E-state index contributed by atoms with van der Waals surface area (Å²) < 4.78 is 1.52. The molecule has 0 spiro atoms. The largest absolute Gasteiger partial charge is 0.395 e. The van der Waals surface area contributed by atoms with Crippen LogP contribution in [0.15, 0.2) is 0 Å². The van der Waals surface area contributed by atoms with Crippen LogP contribution in [0.3, 0.4) is 0 Å². The minimum atomic E-state index is -0.395. The molecule has 102 valence electrons. The van der Waals surface area contributed by atoms with E-state index in [9.17, 15) is 10.1 Å². The second-order valence-electron chi connectivity index (χ2n) is 4.36. The smallest absolute Gasteiger partial charge is 0.334 e. The van der Waals surface area contributed by atoms with Crippen molar-refractivity contribution in [3.63, 3.8) is 0 Å². The summed E-state index contributed by atoms with van der Waals surface area (Å²) in [5.74, 6) is 0.459. The number of aryl methyl sites for hydroxylation is 2. The Balaban J connectivity index is 3.36. The predicted molar refractivity (Wildman–Crippen MR) is 68.8 cm³/mol. The first-order valence-electron chi connectivity index (χ1n) is 6.01. The maximum atomic E-state index is 11.2. The highest BCUT2D eigenvalue weighted by Gasteiger charge is 2.30. The molecule has 1 heterocycles. The zero-order valence-electron chi connectivity index (χ0n) is 11.3. The third-order valence-electron chi connectivity index (χ3n) is 2.82. The van der Waals surface area contributed by atoms with Gasteiger partial charge in [0.05, 0.1) is 11.5 Å². The molecular weight excluding hydrogens is 236 g/mol. The Labute approximate surface area is 106 Å². The van der Waals surface area contributed by atoms with Gasteiger partial charge in [-0.3, -0.25) is 10.1 Å². The molecule has 1 aromatic rings. The van der Waals surface area contributed by atoms with Crippen molar-refractivity contribution in [1.29, 1.82) is 0 Å². The first kappa shape index (κ1) is 14.4. The Morgan fingerprint density at radius 1 is 1.56 bits per heavy atom. The lowest BCUT2D eigenvalue weighted by Gasteiger charge is -2.26. The lowest BCUT2D eigenvalue weighted by molar-refractivity contribution is -0.384.